The third-order valence-corrected chi connectivity index (χ3v) is 9.83. The van der Waals surface area contributed by atoms with Crippen LogP contribution < -0.4 is 5.32 Å². The van der Waals surface area contributed by atoms with Crippen LogP contribution in [-0.4, -0.2) is 41.8 Å². The number of hydrogen-bond donors (Lipinski definition) is 2. The summed E-state index contributed by atoms with van der Waals surface area (Å²) in [7, 11) is 1.67. The molecule has 6 nitrogen and oxygen atoms in total. The minimum absolute atomic E-state index is 0.0771. The highest BCUT2D eigenvalue weighted by atomic mass is 35.5. The van der Waals surface area contributed by atoms with Gasteiger partial charge in [-0.2, -0.15) is 0 Å². The molecule has 0 spiro atoms. The molecule has 4 saturated carbocycles. The molecule has 0 aromatic heterocycles. The highest BCUT2D eigenvalue weighted by molar-refractivity contribution is 6.31. The van der Waals surface area contributed by atoms with Crippen LogP contribution in [0.4, 0.5) is 4.79 Å². The molecule has 6 rings (SSSR count). The molecule has 0 radical (unpaired) electrons. The second-order valence-corrected chi connectivity index (χ2v) is 12.2. The van der Waals surface area contributed by atoms with Crippen LogP contribution in [-0.2, 0) is 15.1 Å². The number of amides is 2. The Morgan fingerprint density at radius 1 is 1.29 bits per heavy atom. The van der Waals surface area contributed by atoms with Crippen LogP contribution in [0, 0.1) is 23.2 Å². The molecular formula is C28H37ClN2O4. The molecule has 4 aliphatic carbocycles. The van der Waals surface area contributed by atoms with Gasteiger partial charge in [0.1, 0.15) is 0 Å². The lowest BCUT2D eigenvalue weighted by Gasteiger charge is -2.44. The summed E-state index contributed by atoms with van der Waals surface area (Å²) >= 11 is 6.81. The van der Waals surface area contributed by atoms with Gasteiger partial charge in [0, 0.05) is 24.4 Å². The van der Waals surface area contributed by atoms with E-state index in [2.05, 4.69) is 31.3 Å². The van der Waals surface area contributed by atoms with Gasteiger partial charge in [-0.25, -0.2) is 4.79 Å². The number of ether oxygens (including phenoxy) is 1. The Morgan fingerprint density at radius 3 is 2.57 bits per heavy atom. The maximum absolute atomic E-state index is 13.4. The molecule has 35 heavy (non-hydrogen) atoms. The first kappa shape index (κ1) is 24.6. The number of nitrogens with one attached hydrogen (secondary N) is 1. The molecule has 1 aromatic carbocycles. The van der Waals surface area contributed by atoms with Crippen LogP contribution >= 0.6 is 11.6 Å². The molecule has 2 bridgehead atoms. The van der Waals surface area contributed by atoms with E-state index in [0.29, 0.717) is 44.1 Å². The summed E-state index contributed by atoms with van der Waals surface area (Å²) in [6.07, 6.45) is 6.81. The van der Waals surface area contributed by atoms with E-state index < -0.39 is 16.9 Å². The zero-order valence-electron chi connectivity index (χ0n) is 21.1. The van der Waals surface area contributed by atoms with Gasteiger partial charge in [-0.15, -0.1) is 0 Å². The largest absolute Gasteiger partial charge is 0.481 e. The van der Waals surface area contributed by atoms with E-state index in [0.717, 1.165) is 22.1 Å². The van der Waals surface area contributed by atoms with Crippen LogP contribution in [0.15, 0.2) is 30.0 Å². The van der Waals surface area contributed by atoms with Gasteiger partial charge in [-0.3, -0.25) is 9.69 Å². The lowest BCUT2D eigenvalue weighted by atomic mass is 9.67. The Hall–Kier alpha value is -2.05. The van der Waals surface area contributed by atoms with Gasteiger partial charge >= 0.3 is 12.0 Å². The average Bonchev–Trinajstić information content (AvgIpc) is 3.30. The fourth-order valence-corrected chi connectivity index (χ4v) is 7.25. The smallest absolute Gasteiger partial charge is 0.322 e. The Labute approximate surface area is 213 Å². The Morgan fingerprint density at radius 2 is 2.00 bits per heavy atom. The molecule has 1 heterocycles. The normalized spacial score (nSPS) is 35.9. The van der Waals surface area contributed by atoms with Crippen LogP contribution in [0.25, 0.3) is 0 Å². The van der Waals surface area contributed by atoms with Crippen molar-refractivity contribution in [2.45, 2.75) is 76.8 Å². The van der Waals surface area contributed by atoms with Gasteiger partial charge < -0.3 is 15.2 Å². The summed E-state index contributed by atoms with van der Waals surface area (Å²) in [5.74, 6) is 1.48. The van der Waals surface area contributed by atoms with E-state index in [-0.39, 0.29) is 18.0 Å². The number of hydrogen-bond acceptors (Lipinski definition) is 3. The highest BCUT2D eigenvalue weighted by Crippen LogP contribution is 2.61. The molecule has 1 aliphatic heterocycles. The lowest BCUT2D eigenvalue weighted by Crippen LogP contribution is -2.56. The van der Waals surface area contributed by atoms with Gasteiger partial charge in [0.15, 0.2) is 0 Å². The summed E-state index contributed by atoms with van der Waals surface area (Å²) in [6.45, 7) is 7.13. The summed E-state index contributed by atoms with van der Waals surface area (Å²) in [5, 5.41) is 13.7. The molecule has 5 aliphatic rings. The Kier molecular flexibility index (Phi) is 6.20. The quantitative estimate of drug-likeness (QED) is 0.465. The number of rotatable bonds is 8. The molecule has 1 unspecified atom stereocenters. The van der Waals surface area contributed by atoms with Crippen molar-refractivity contribution in [1.29, 1.82) is 0 Å². The Balaban J connectivity index is 1.41. The van der Waals surface area contributed by atoms with Crippen LogP contribution in [0.2, 0.25) is 5.02 Å². The summed E-state index contributed by atoms with van der Waals surface area (Å²) in [6, 6.07) is 6.01. The monoisotopic (exact) mass is 500 g/mol. The highest BCUT2D eigenvalue weighted by Gasteiger charge is 2.63. The SMILES string of the molecule is COCCC1=CN(C2CC3(C(=O)O)CC2C3)C(=O)N[C@@]1(C)c1ccc([C@H]2C[C@@H](C(C)C)C2)c(Cl)c1. The maximum Gasteiger partial charge on any atom is 0.322 e. The van der Waals surface area contributed by atoms with Crippen molar-refractivity contribution in [3.05, 3.63) is 46.1 Å². The van der Waals surface area contributed by atoms with Crippen molar-refractivity contribution < 1.29 is 19.4 Å². The topological polar surface area (TPSA) is 78.9 Å². The molecule has 1 aromatic rings. The number of halogens is 1. The van der Waals surface area contributed by atoms with Gasteiger partial charge in [0.2, 0.25) is 0 Å². The van der Waals surface area contributed by atoms with E-state index >= 15 is 0 Å². The number of fused-ring (bicyclic) bond motifs is 1. The lowest BCUT2D eigenvalue weighted by molar-refractivity contribution is -0.153. The molecule has 190 valence electrons. The summed E-state index contributed by atoms with van der Waals surface area (Å²) in [4.78, 5) is 26.9. The van der Waals surface area contributed by atoms with E-state index in [1.54, 1.807) is 12.0 Å². The predicted molar refractivity (Wildman–Crippen MR) is 135 cm³/mol. The van der Waals surface area contributed by atoms with E-state index in [4.69, 9.17) is 16.3 Å². The molecule has 2 N–H and O–H groups in total. The molecule has 4 fully saturated rings. The predicted octanol–water partition coefficient (Wildman–Crippen LogP) is 5.90. The number of carboxylic acids is 1. The van der Waals surface area contributed by atoms with Crippen LogP contribution in [0.5, 0.6) is 0 Å². The average molecular weight is 501 g/mol. The van der Waals surface area contributed by atoms with Crippen molar-refractivity contribution >= 4 is 23.6 Å². The van der Waals surface area contributed by atoms with Gasteiger partial charge in [-0.1, -0.05) is 37.6 Å². The maximum atomic E-state index is 13.4. The fourth-order valence-electron chi connectivity index (χ4n) is 6.91. The van der Waals surface area contributed by atoms with Gasteiger partial charge in [0.25, 0.3) is 0 Å². The Bertz CT molecular complexity index is 1060. The zero-order valence-corrected chi connectivity index (χ0v) is 21.9. The molecule has 2 atom stereocenters. The molecule has 7 heteroatoms. The minimum atomic E-state index is -0.733. The third kappa shape index (κ3) is 3.97. The third-order valence-electron chi connectivity index (χ3n) is 9.50. The number of carbonyl (C=O) groups excluding carboxylic acids is 1. The standard InChI is InChI=1S/C28H37ClN2O4/c1-16(2)17-9-18(10-17)22-6-5-20(11-23(22)29)27(3)21(7-8-35-4)15-31(26(34)30-27)24-14-28(25(32)33)12-19(24)13-28/h5-6,11,15-19,24H,7-10,12-14H2,1-4H3,(H,30,34)(H,32,33)/t17-,18+,19?,24?,27-,28?/m0/s1. The van der Waals surface area contributed by atoms with Crippen molar-refractivity contribution in [3.63, 3.8) is 0 Å². The first-order valence-corrected chi connectivity index (χ1v) is 13.3. The van der Waals surface area contributed by atoms with Crippen molar-refractivity contribution in [3.8, 4) is 0 Å². The van der Waals surface area contributed by atoms with Crippen molar-refractivity contribution in [2.24, 2.45) is 23.2 Å². The summed E-state index contributed by atoms with van der Waals surface area (Å²) < 4.78 is 5.39. The van der Waals surface area contributed by atoms with E-state index in [9.17, 15) is 14.7 Å². The number of carbonyl (C=O) groups is 2. The van der Waals surface area contributed by atoms with Crippen LogP contribution in [0.1, 0.15) is 76.3 Å². The van der Waals surface area contributed by atoms with Gasteiger partial charge in [-0.05, 0) is 91.9 Å². The molecule has 2 amide bonds. The van der Waals surface area contributed by atoms with Crippen molar-refractivity contribution in [1.82, 2.24) is 10.2 Å². The number of urea groups is 1. The number of carboxylic acid groups (broad SMARTS) is 1. The molecular weight excluding hydrogens is 464 g/mol. The molecule has 0 saturated heterocycles. The van der Waals surface area contributed by atoms with Crippen LogP contribution in [0.3, 0.4) is 0 Å². The fraction of sp³-hybridized carbons (Fsp3) is 0.643. The van der Waals surface area contributed by atoms with E-state index in [1.165, 1.54) is 18.4 Å². The zero-order chi connectivity index (χ0) is 25.1. The second kappa shape index (κ2) is 8.81. The number of nitrogens with zero attached hydrogens (tertiary/aromatic N) is 1. The minimum Gasteiger partial charge on any atom is -0.481 e. The second-order valence-electron chi connectivity index (χ2n) is 11.8. The van der Waals surface area contributed by atoms with E-state index in [1.807, 2.05) is 19.2 Å². The van der Waals surface area contributed by atoms with Gasteiger partial charge in [0.05, 0.1) is 17.6 Å². The number of benzene rings is 1. The first-order chi connectivity index (χ1) is 16.6. The number of aliphatic carboxylic acids is 1. The van der Waals surface area contributed by atoms with Crippen molar-refractivity contribution in [2.75, 3.05) is 13.7 Å². The number of methoxy groups -OCH3 is 1. The summed E-state index contributed by atoms with van der Waals surface area (Å²) in [5.41, 5.74) is 1.84. The first-order valence-electron chi connectivity index (χ1n) is 12.9.